The Kier molecular flexibility index (Phi) is 4.81. The molecule has 0 heterocycles. The lowest BCUT2D eigenvalue weighted by molar-refractivity contribution is 0.420. The van der Waals surface area contributed by atoms with Crippen molar-refractivity contribution in [3.05, 3.63) is 66.7 Å². The van der Waals surface area contributed by atoms with Crippen molar-refractivity contribution in [2.75, 3.05) is 19.0 Å². The average Bonchev–Trinajstić information content (AvgIpc) is 2.60. The summed E-state index contributed by atoms with van der Waals surface area (Å²) in [5.74, 6) is 0. The van der Waals surface area contributed by atoms with Gasteiger partial charge < -0.3 is 9.92 Å². The quantitative estimate of drug-likeness (QED) is 0.709. The second-order valence-electron chi connectivity index (χ2n) is 5.84. The standard InChI is InChI=1S/C18H18BNO4S/c1-20(2)17-12-6-11-16-15(17)10-7-13-18(16)25(22,23)24-19(21)14-8-4-3-5-9-14/h3-13,21H,1-2H3. The average molecular weight is 355 g/mol. The van der Waals surface area contributed by atoms with Crippen LogP contribution in [0.1, 0.15) is 0 Å². The highest BCUT2D eigenvalue weighted by Crippen LogP contribution is 2.30. The van der Waals surface area contributed by atoms with Gasteiger partial charge in [-0.3, -0.25) is 4.10 Å². The molecule has 0 aliphatic heterocycles. The molecule has 128 valence electrons. The Bertz CT molecular complexity index is 990. The highest BCUT2D eigenvalue weighted by molar-refractivity contribution is 7.87. The van der Waals surface area contributed by atoms with E-state index < -0.39 is 17.2 Å². The van der Waals surface area contributed by atoms with Crippen LogP contribution in [0.4, 0.5) is 5.69 Å². The van der Waals surface area contributed by atoms with Gasteiger partial charge in [-0.25, -0.2) is 0 Å². The van der Waals surface area contributed by atoms with Crippen molar-refractivity contribution in [3.63, 3.8) is 0 Å². The maximum Gasteiger partial charge on any atom is 0.507 e. The molecule has 0 aliphatic carbocycles. The van der Waals surface area contributed by atoms with Gasteiger partial charge in [-0.1, -0.05) is 54.6 Å². The molecule has 0 radical (unpaired) electrons. The number of nitrogens with zero attached hydrogens (tertiary/aromatic N) is 1. The Hall–Kier alpha value is -2.35. The summed E-state index contributed by atoms with van der Waals surface area (Å²) in [5.41, 5.74) is 1.28. The minimum absolute atomic E-state index is 0.0312. The molecule has 0 saturated heterocycles. The van der Waals surface area contributed by atoms with Crippen LogP contribution in [0.3, 0.4) is 0 Å². The molecule has 0 fully saturated rings. The van der Waals surface area contributed by atoms with Gasteiger partial charge in [0.05, 0.1) is 0 Å². The van der Waals surface area contributed by atoms with E-state index in [1.54, 1.807) is 48.5 Å². The van der Waals surface area contributed by atoms with E-state index >= 15 is 0 Å². The second kappa shape index (κ2) is 6.88. The number of hydrogen-bond acceptors (Lipinski definition) is 5. The van der Waals surface area contributed by atoms with Gasteiger partial charge in [0.15, 0.2) is 0 Å². The Morgan fingerprint density at radius 3 is 2.20 bits per heavy atom. The first kappa shape index (κ1) is 17.5. The summed E-state index contributed by atoms with van der Waals surface area (Å²) in [6.45, 7) is 0. The molecule has 3 aromatic rings. The minimum Gasteiger partial charge on any atom is -0.422 e. The van der Waals surface area contributed by atoms with E-state index in [-0.39, 0.29) is 4.90 Å². The van der Waals surface area contributed by atoms with Crippen molar-refractivity contribution in [2.24, 2.45) is 0 Å². The van der Waals surface area contributed by atoms with Crippen molar-refractivity contribution in [1.29, 1.82) is 0 Å². The summed E-state index contributed by atoms with van der Waals surface area (Å²) in [6, 6.07) is 18.8. The van der Waals surface area contributed by atoms with E-state index in [0.29, 0.717) is 10.8 Å². The molecule has 0 aromatic heterocycles. The normalized spacial score (nSPS) is 11.5. The van der Waals surface area contributed by atoms with Crippen LogP contribution in [-0.2, 0) is 14.2 Å². The van der Waals surface area contributed by atoms with Gasteiger partial charge in [-0.15, -0.1) is 0 Å². The third kappa shape index (κ3) is 3.53. The van der Waals surface area contributed by atoms with Crippen LogP contribution in [0.5, 0.6) is 0 Å². The van der Waals surface area contributed by atoms with Crippen LogP contribution >= 0.6 is 0 Å². The van der Waals surface area contributed by atoms with E-state index in [9.17, 15) is 13.4 Å². The third-order valence-electron chi connectivity index (χ3n) is 3.91. The minimum atomic E-state index is -4.15. The Balaban J connectivity index is 2.05. The van der Waals surface area contributed by atoms with Crippen molar-refractivity contribution in [1.82, 2.24) is 0 Å². The highest BCUT2D eigenvalue weighted by Gasteiger charge is 2.27. The topological polar surface area (TPSA) is 66.8 Å². The van der Waals surface area contributed by atoms with E-state index in [1.165, 1.54) is 6.07 Å². The molecule has 3 aromatic carbocycles. The number of anilines is 1. The summed E-state index contributed by atoms with van der Waals surface area (Å²) in [4.78, 5) is 1.95. The molecule has 0 amide bonds. The SMILES string of the molecule is CN(C)c1cccc2c(S(=O)(=O)OB(O)c3ccccc3)cccc12. The first-order chi connectivity index (χ1) is 11.9. The maximum atomic E-state index is 12.7. The molecule has 0 spiro atoms. The van der Waals surface area contributed by atoms with Gasteiger partial charge in [0.25, 0.3) is 10.1 Å². The molecule has 0 atom stereocenters. The smallest absolute Gasteiger partial charge is 0.422 e. The molecule has 7 heteroatoms. The summed E-state index contributed by atoms with van der Waals surface area (Å²) < 4.78 is 30.5. The van der Waals surface area contributed by atoms with Crippen LogP contribution in [0.15, 0.2) is 71.6 Å². The van der Waals surface area contributed by atoms with Crippen LogP contribution in [0, 0.1) is 0 Å². The number of hydrogen-bond donors (Lipinski definition) is 1. The highest BCUT2D eigenvalue weighted by atomic mass is 32.2. The molecule has 1 N–H and O–H groups in total. The molecule has 25 heavy (non-hydrogen) atoms. The Labute approximate surface area is 147 Å². The van der Waals surface area contributed by atoms with Crippen molar-refractivity contribution >= 4 is 39.2 Å². The van der Waals surface area contributed by atoms with E-state index in [0.717, 1.165) is 11.1 Å². The Morgan fingerprint density at radius 2 is 1.52 bits per heavy atom. The Morgan fingerprint density at radius 1 is 0.880 bits per heavy atom. The molecule has 0 unspecified atom stereocenters. The zero-order chi connectivity index (χ0) is 18.0. The van der Waals surface area contributed by atoms with Crippen LogP contribution in [-0.4, -0.2) is 34.7 Å². The zero-order valence-corrected chi connectivity index (χ0v) is 14.8. The van der Waals surface area contributed by atoms with Crippen LogP contribution in [0.25, 0.3) is 10.8 Å². The molecule has 0 aliphatic rings. The van der Waals surface area contributed by atoms with Crippen LogP contribution in [0.2, 0.25) is 0 Å². The van der Waals surface area contributed by atoms with E-state index in [4.69, 9.17) is 4.10 Å². The van der Waals surface area contributed by atoms with Crippen molar-refractivity contribution in [3.8, 4) is 0 Å². The fourth-order valence-corrected chi connectivity index (χ4v) is 3.86. The number of rotatable bonds is 5. The molecule has 0 bridgehead atoms. The van der Waals surface area contributed by atoms with Crippen molar-refractivity contribution < 1.29 is 17.5 Å². The molecule has 5 nitrogen and oxygen atoms in total. The molecular weight excluding hydrogens is 337 g/mol. The lowest BCUT2D eigenvalue weighted by Gasteiger charge is -2.17. The summed E-state index contributed by atoms with van der Waals surface area (Å²) in [6.07, 6.45) is 0. The largest absolute Gasteiger partial charge is 0.507 e. The lowest BCUT2D eigenvalue weighted by Crippen LogP contribution is -2.35. The van der Waals surface area contributed by atoms with E-state index in [2.05, 4.69) is 0 Å². The van der Waals surface area contributed by atoms with Gasteiger partial charge in [-0.05, 0) is 17.6 Å². The predicted octanol–water partition coefficient (Wildman–Crippen LogP) is 2.00. The third-order valence-corrected chi connectivity index (χ3v) is 5.24. The van der Waals surface area contributed by atoms with Gasteiger partial charge in [0.2, 0.25) is 0 Å². The first-order valence-electron chi connectivity index (χ1n) is 7.75. The molecular formula is C18H18BNO4S. The summed E-state index contributed by atoms with van der Waals surface area (Å²) in [5, 5.41) is 11.5. The van der Waals surface area contributed by atoms with Gasteiger partial charge in [-0.2, -0.15) is 8.42 Å². The van der Waals surface area contributed by atoms with Crippen LogP contribution < -0.4 is 10.4 Å². The van der Waals surface area contributed by atoms with Crippen molar-refractivity contribution in [2.45, 2.75) is 4.90 Å². The fraction of sp³-hybridized carbons (Fsp3) is 0.111. The number of benzene rings is 3. The second-order valence-corrected chi connectivity index (χ2v) is 7.38. The first-order valence-corrected chi connectivity index (χ1v) is 9.16. The number of fused-ring (bicyclic) bond motifs is 1. The fourth-order valence-electron chi connectivity index (χ4n) is 2.72. The molecule has 3 rings (SSSR count). The maximum absolute atomic E-state index is 12.7. The summed E-state index contributed by atoms with van der Waals surface area (Å²) in [7, 11) is -1.91. The zero-order valence-electron chi connectivity index (χ0n) is 14.0. The van der Waals surface area contributed by atoms with E-state index in [1.807, 2.05) is 31.1 Å². The predicted molar refractivity (Wildman–Crippen MR) is 101 cm³/mol. The monoisotopic (exact) mass is 355 g/mol. The summed E-state index contributed by atoms with van der Waals surface area (Å²) >= 11 is 0. The lowest BCUT2D eigenvalue weighted by atomic mass is 9.80. The van der Waals surface area contributed by atoms with Gasteiger partial charge >= 0.3 is 7.12 Å². The molecule has 0 saturated carbocycles. The van der Waals surface area contributed by atoms with Gasteiger partial charge in [0.1, 0.15) is 4.90 Å². The van der Waals surface area contributed by atoms with Gasteiger partial charge in [0, 0.05) is 30.6 Å².